The number of hydrogen-bond acceptors (Lipinski definition) is 4. The highest BCUT2D eigenvalue weighted by Gasteiger charge is 2.32. The van der Waals surface area contributed by atoms with Crippen molar-refractivity contribution in [3.05, 3.63) is 0 Å². The second kappa shape index (κ2) is 13.0. The van der Waals surface area contributed by atoms with Gasteiger partial charge in [-0.1, -0.05) is 27.7 Å². The summed E-state index contributed by atoms with van der Waals surface area (Å²) in [6.45, 7) is 14.2. The predicted octanol–water partition coefficient (Wildman–Crippen LogP) is 4.30. The van der Waals surface area contributed by atoms with Crippen molar-refractivity contribution in [1.29, 1.82) is 0 Å². The maximum atomic E-state index is 5.68. The van der Waals surface area contributed by atoms with Gasteiger partial charge >= 0.3 is 17.1 Å². The first-order valence-electron chi connectivity index (χ1n) is 7.87. The van der Waals surface area contributed by atoms with Crippen molar-refractivity contribution >= 4 is 17.1 Å². The predicted molar refractivity (Wildman–Crippen MR) is 90.7 cm³/mol. The van der Waals surface area contributed by atoms with Gasteiger partial charge in [0, 0.05) is 27.4 Å². The Morgan fingerprint density at radius 1 is 0.550 bits per heavy atom. The third-order valence-electron chi connectivity index (χ3n) is 3.71. The molecule has 0 aromatic heterocycles. The molecule has 0 radical (unpaired) electrons. The van der Waals surface area contributed by atoms with Crippen molar-refractivity contribution in [2.75, 3.05) is 27.4 Å². The Kier molecular flexibility index (Phi) is 14.6. The molecule has 0 rings (SSSR count). The van der Waals surface area contributed by atoms with Crippen LogP contribution in [-0.4, -0.2) is 44.6 Å². The van der Waals surface area contributed by atoms with Crippen LogP contribution in [0.4, 0.5) is 0 Å². The summed E-state index contributed by atoms with van der Waals surface area (Å²) in [6.07, 6.45) is 0. The van der Waals surface area contributed by atoms with E-state index in [1.54, 1.807) is 14.2 Å². The molecule has 124 valence electrons. The van der Waals surface area contributed by atoms with Crippen molar-refractivity contribution in [1.82, 2.24) is 0 Å². The minimum absolute atomic E-state index is 0.786. The number of rotatable bonds is 10. The summed E-state index contributed by atoms with van der Waals surface area (Å²) in [5.74, 6) is 0. The molecule has 0 aromatic rings. The van der Waals surface area contributed by atoms with E-state index >= 15 is 0 Å². The maximum absolute atomic E-state index is 5.68. The van der Waals surface area contributed by atoms with Gasteiger partial charge in [-0.2, -0.15) is 0 Å². The fraction of sp³-hybridized carbons (Fsp3) is 1.00. The summed E-state index contributed by atoms with van der Waals surface area (Å²) >= 11 is 0. The Morgan fingerprint density at radius 3 is 0.950 bits per heavy atom. The van der Waals surface area contributed by atoms with E-state index in [-0.39, 0.29) is 0 Å². The van der Waals surface area contributed by atoms with Crippen molar-refractivity contribution in [2.45, 2.75) is 65.7 Å². The Bertz CT molecular complexity index is 182. The van der Waals surface area contributed by atoms with E-state index in [9.17, 15) is 0 Å². The van der Waals surface area contributed by atoms with Crippen molar-refractivity contribution in [3.8, 4) is 0 Å². The van der Waals surface area contributed by atoms with E-state index in [1.807, 2.05) is 13.8 Å². The second-order valence-corrected chi connectivity index (χ2v) is 12.4. The van der Waals surface area contributed by atoms with E-state index < -0.39 is 17.1 Å². The lowest BCUT2D eigenvalue weighted by molar-refractivity contribution is 0.185. The van der Waals surface area contributed by atoms with Crippen LogP contribution in [0.5, 0.6) is 0 Å². The van der Waals surface area contributed by atoms with Crippen LogP contribution in [0.15, 0.2) is 0 Å². The largest absolute Gasteiger partial charge is 0.398 e. The molecular formula is C14H36O4Si2. The third-order valence-corrected chi connectivity index (χ3v) is 11.1. The quantitative estimate of drug-likeness (QED) is 0.561. The summed E-state index contributed by atoms with van der Waals surface area (Å²) in [6, 6.07) is 4.20. The zero-order chi connectivity index (χ0) is 16.1. The van der Waals surface area contributed by atoms with Crippen LogP contribution in [0.1, 0.15) is 41.5 Å². The Hall–Kier alpha value is 0.274. The first kappa shape index (κ1) is 22.6. The van der Waals surface area contributed by atoms with Crippen molar-refractivity contribution in [3.63, 3.8) is 0 Å². The summed E-state index contributed by atoms with van der Waals surface area (Å²) in [4.78, 5) is 0. The minimum Gasteiger partial charge on any atom is -0.398 e. The molecule has 0 bridgehead atoms. The first-order chi connectivity index (χ1) is 9.49. The van der Waals surface area contributed by atoms with Gasteiger partial charge in [0.1, 0.15) is 0 Å². The standard InChI is InChI=1S/C8H20O2Si.C6H16O2Si/c1-5-9-11(7-3,8-4)10-6-2;1-5-9(6-2,7-3)8-4/h5-8H2,1-4H3;5-6H2,1-4H3. The molecule has 4 nitrogen and oxygen atoms in total. The average molecular weight is 325 g/mol. The van der Waals surface area contributed by atoms with Gasteiger partial charge in [0.2, 0.25) is 0 Å². The highest BCUT2D eigenvalue weighted by Crippen LogP contribution is 2.17. The van der Waals surface area contributed by atoms with Gasteiger partial charge in [-0.15, -0.1) is 0 Å². The lowest BCUT2D eigenvalue weighted by atomic mass is 10.9. The molecule has 0 amide bonds. The Morgan fingerprint density at radius 2 is 0.850 bits per heavy atom. The first-order valence-corrected chi connectivity index (χ1v) is 12.3. The maximum Gasteiger partial charge on any atom is 0.337 e. The van der Waals surface area contributed by atoms with Crippen LogP contribution in [0.2, 0.25) is 24.2 Å². The molecule has 6 heteroatoms. The zero-order valence-electron chi connectivity index (χ0n) is 14.9. The Labute approximate surface area is 128 Å². The molecule has 0 atom stereocenters. The highest BCUT2D eigenvalue weighted by atomic mass is 28.4. The molecule has 0 aliphatic carbocycles. The van der Waals surface area contributed by atoms with Crippen LogP contribution < -0.4 is 0 Å². The van der Waals surface area contributed by atoms with Crippen LogP contribution >= 0.6 is 0 Å². The molecule has 0 aliphatic heterocycles. The van der Waals surface area contributed by atoms with Crippen molar-refractivity contribution in [2.24, 2.45) is 0 Å². The molecule has 0 fully saturated rings. The van der Waals surface area contributed by atoms with Gasteiger partial charge in [-0.05, 0) is 38.0 Å². The van der Waals surface area contributed by atoms with Crippen molar-refractivity contribution < 1.29 is 17.7 Å². The summed E-state index contributed by atoms with van der Waals surface area (Å²) < 4.78 is 22.0. The molecule has 20 heavy (non-hydrogen) atoms. The van der Waals surface area contributed by atoms with Gasteiger partial charge in [0.05, 0.1) is 0 Å². The SMILES string of the molecule is CCO[Si](CC)(CC)OCC.CC[Si](CC)(OC)OC. The second-order valence-electron chi connectivity index (χ2n) is 4.51. The topological polar surface area (TPSA) is 36.9 Å². The van der Waals surface area contributed by atoms with Gasteiger partial charge < -0.3 is 17.7 Å². The molecule has 0 spiro atoms. The third kappa shape index (κ3) is 7.90. The molecule has 0 N–H and O–H groups in total. The van der Waals surface area contributed by atoms with E-state index in [1.165, 1.54) is 0 Å². The molecule has 0 unspecified atom stereocenters. The lowest BCUT2D eigenvalue weighted by Gasteiger charge is -2.27. The fourth-order valence-corrected chi connectivity index (χ4v) is 6.41. The van der Waals surface area contributed by atoms with E-state index in [0.717, 1.165) is 37.4 Å². The van der Waals surface area contributed by atoms with Crippen LogP contribution in [0.3, 0.4) is 0 Å². The van der Waals surface area contributed by atoms with E-state index in [0.29, 0.717) is 0 Å². The van der Waals surface area contributed by atoms with Crippen LogP contribution in [0.25, 0.3) is 0 Å². The monoisotopic (exact) mass is 324 g/mol. The van der Waals surface area contributed by atoms with Crippen LogP contribution in [0, 0.1) is 0 Å². The van der Waals surface area contributed by atoms with Gasteiger partial charge in [-0.3, -0.25) is 0 Å². The normalized spacial score (nSPS) is 12.0. The molecule has 0 heterocycles. The zero-order valence-corrected chi connectivity index (χ0v) is 16.9. The molecule has 0 aliphatic rings. The molecule has 0 aromatic carbocycles. The summed E-state index contributed by atoms with van der Waals surface area (Å²) in [5.41, 5.74) is 0. The molecule has 0 saturated carbocycles. The van der Waals surface area contributed by atoms with Gasteiger partial charge in [-0.25, -0.2) is 0 Å². The van der Waals surface area contributed by atoms with E-state index in [2.05, 4.69) is 27.7 Å². The summed E-state index contributed by atoms with van der Waals surface area (Å²) in [5, 5.41) is 0. The molecular weight excluding hydrogens is 288 g/mol. The van der Waals surface area contributed by atoms with Gasteiger partial charge in [0.15, 0.2) is 0 Å². The van der Waals surface area contributed by atoms with Crippen LogP contribution in [-0.2, 0) is 17.7 Å². The molecule has 0 saturated heterocycles. The lowest BCUT2D eigenvalue weighted by Crippen LogP contribution is -2.40. The summed E-state index contributed by atoms with van der Waals surface area (Å²) in [7, 11) is 0.0428. The number of hydrogen-bond donors (Lipinski definition) is 0. The van der Waals surface area contributed by atoms with Gasteiger partial charge in [0.25, 0.3) is 0 Å². The average Bonchev–Trinajstić information content (AvgIpc) is 2.50. The Balaban J connectivity index is 0. The minimum atomic E-state index is -1.74. The fourth-order valence-electron chi connectivity index (χ4n) is 2.14. The highest BCUT2D eigenvalue weighted by molar-refractivity contribution is 6.67. The van der Waals surface area contributed by atoms with E-state index in [4.69, 9.17) is 17.7 Å². The smallest absolute Gasteiger partial charge is 0.337 e.